The minimum Gasteiger partial charge on any atom is -0.379 e. The molecule has 1 amide bonds. The van der Waals surface area contributed by atoms with Crippen molar-refractivity contribution >= 4 is 18.3 Å². The van der Waals surface area contributed by atoms with Crippen LogP contribution in [0.1, 0.15) is 32.1 Å². The Labute approximate surface area is 122 Å². The van der Waals surface area contributed by atoms with Crippen LogP contribution in [0, 0.1) is 11.8 Å². The van der Waals surface area contributed by atoms with Gasteiger partial charge in [0.25, 0.3) is 0 Å². The maximum atomic E-state index is 12.0. The standard InChI is InChI=1S/C14H26N2O2.ClH/c1-16(8-9-18-11-13-2-3-13)14(17)10-12-4-6-15-7-5-12;/h12-13,15H,2-11H2,1H3;1H. The second kappa shape index (κ2) is 8.77. The van der Waals surface area contributed by atoms with Gasteiger partial charge in [-0.25, -0.2) is 0 Å². The Balaban J connectivity index is 0.00000180. The topological polar surface area (TPSA) is 41.6 Å². The summed E-state index contributed by atoms with van der Waals surface area (Å²) in [4.78, 5) is 13.8. The van der Waals surface area contributed by atoms with Gasteiger partial charge >= 0.3 is 0 Å². The lowest BCUT2D eigenvalue weighted by molar-refractivity contribution is -0.131. The molecule has 112 valence electrons. The van der Waals surface area contributed by atoms with Crippen LogP contribution in [-0.4, -0.2) is 50.7 Å². The van der Waals surface area contributed by atoms with Gasteiger partial charge in [0, 0.05) is 26.6 Å². The number of rotatable bonds is 7. The first-order valence-corrected chi connectivity index (χ1v) is 7.28. The van der Waals surface area contributed by atoms with E-state index < -0.39 is 0 Å². The average Bonchev–Trinajstić information content (AvgIpc) is 3.19. The smallest absolute Gasteiger partial charge is 0.222 e. The zero-order valence-electron chi connectivity index (χ0n) is 11.9. The molecule has 1 aliphatic heterocycles. The van der Waals surface area contributed by atoms with Gasteiger partial charge in [-0.2, -0.15) is 0 Å². The molecule has 0 bridgehead atoms. The Hall–Kier alpha value is -0.320. The molecule has 4 nitrogen and oxygen atoms in total. The van der Waals surface area contributed by atoms with Crippen LogP contribution in [0.5, 0.6) is 0 Å². The first-order chi connectivity index (χ1) is 8.75. The summed E-state index contributed by atoms with van der Waals surface area (Å²) >= 11 is 0. The molecular formula is C14H27ClN2O2. The molecule has 0 aromatic rings. The van der Waals surface area contributed by atoms with Crippen molar-refractivity contribution in [2.75, 3.05) is 39.9 Å². The fourth-order valence-corrected chi connectivity index (χ4v) is 2.35. The third-order valence-electron chi connectivity index (χ3n) is 3.97. The highest BCUT2D eigenvalue weighted by atomic mass is 35.5. The van der Waals surface area contributed by atoms with E-state index >= 15 is 0 Å². The van der Waals surface area contributed by atoms with Gasteiger partial charge in [0.15, 0.2) is 0 Å². The highest BCUT2D eigenvalue weighted by molar-refractivity contribution is 5.85. The van der Waals surface area contributed by atoms with Gasteiger partial charge in [-0.15, -0.1) is 12.4 Å². The lowest BCUT2D eigenvalue weighted by Crippen LogP contribution is -2.34. The predicted octanol–water partition coefficient (Wildman–Crippen LogP) is 1.68. The van der Waals surface area contributed by atoms with Gasteiger partial charge in [-0.3, -0.25) is 4.79 Å². The summed E-state index contributed by atoms with van der Waals surface area (Å²) < 4.78 is 5.56. The number of hydrogen-bond donors (Lipinski definition) is 1. The van der Waals surface area contributed by atoms with Gasteiger partial charge < -0.3 is 15.0 Å². The lowest BCUT2D eigenvalue weighted by atomic mass is 9.94. The van der Waals surface area contributed by atoms with E-state index in [4.69, 9.17) is 4.74 Å². The zero-order valence-corrected chi connectivity index (χ0v) is 12.7. The quantitative estimate of drug-likeness (QED) is 0.726. The first-order valence-electron chi connectivity index (χ1n) is 7.28. The van der Waals surface area contributed by atoms with E-state index in [-0.39, 0.29) is 18.3 Å². The third-order valence-corrected chi connectivity index (χ3v) is 3.97. The molecule has 19 heavy (non-hydrogen) atoms. The minimum absolute atomic E-state index is 0. The molecule has 0 radical (unpaired) electrons. The number of likely N-dealkylation sites (N-methyl/N-ethyl adjacent to an activating group) is 1. The number of amides is 1. The molecule has 1 saturated heterocycles. The maximum absolute atomic E-state index is 12.0. The van der Waals surface area contributed by atoms with Crippen molar-refractivity contribution in [3.05, 3.63) is 0 Å². The molecule has 5 heteroatoms. The Morgan fingerprint density at radius 3 is 2.53 bits per heavy atom. The van der Waals surface area contributed by atoms with Crippen LogP contribution in [0.25, 0.3) is 0 Å². The molecule has 2 aliphatic rings. The Bertz CT molecular complexity index is 266. The fourth-order valence-electron chi connectivity index (χ4n) is 2.35. The molecule has 0 spiro atoms. The van der Waals surface area contributed by atoms with Crippen molar-refractivity contribution < 1.29 is 9.53 Å². The first kappa shape index (κ1) is 16.7. The van der Waals surface area contributed by atoms with E-state index in [1.54, 1.807) is 0 Å². The summed E-state index contributed by atoms with van der Waals surface area (Å²) in [6.07, 6.45) is 5.63. The van der Waals surface area contributed by atoms with Crippen LogP contribution in [0.4, 0.5) is 0 Å². The molecule has 1 aliphatic carbocycles. The Kier molecular flexibility index (Phi) is 7.73. The summed E-state index contributed by atoms with van der Waals surface area (Å²) in [5, 5.41) is 3.33. The summed E-state index contributed by atoms with van der Waals surface area (Å²) in [5.41, 5.74) is 0. The highest BCUT2D eigenvalue weighted by Gasteiger charge is 2.21. The van der Waals surface area contributed by atoms with E-state index in [9.17, 15) is 4.79 Å². The number of carbonyl (C=O) groups is 1. The van der Waals surface area contributed by atoms with Gasteiger partial charge in [-0.1, -0.05) is 0 Å². The molecule has 1 saturated carbocycles. The molecule has 0 unspecified atom stereocenters. The van der Waals surface area contributed by atoms with Crippen molar-refractivity contribution in [1.29, 1.82) is 0 Å². The van der Waals surface area contributed by atoms with E-state index in [1.807, 2.05) is 11.9 Å². The summed E-state index contributed by atoms with van der Waals surface area (Å²) in [6, 6.07) is 0. The number of hydrogen-bond acceptors (Lipinski definition) is 3. The number of carbonyl (C=O) groups excluding carboxylic acids is 1. The Morgan fingerprint density at radius 2 is 1.89 bits per heavy atom. The van der Waals surface area contributed by atoms with Gasteiger partial charge in [0.2, 0.25) is 5.91 Å². The van der Waals surface area contributed by atoms with Crippen molar-refractivity contribution in [2.45, 2.75) is 32.1 Å². The number of halogens is 1. The Morgan fingerprint density at radius 1 is 1.21 bits per heavy atom. The summed E-state index contributed by atoms with van der Waals surface area (Å²) in [6.45, 7) is 4.43. The zero-order chi connectivity index (χ0) is 12.8. The average molecular weight is 291 g/mol. The summed E-state index contributed by atoms with van der Waals surface area (Å²) in [7, 11) is 1.89. The van der Waals surface area contributed by atoms with Crippen LogP contribution in [0.15, 0.2) is 0 Å². The van der Waals surface area contributed by atoms with Crippen LogP contribution < -0.4 is 5.32 Å². The van der Waals surface area contributed by atoms with Crippen LogP contribution in [-0.2, 0) is 9.53 Å². The van der Waals surface area contributed by atoms with Gasteiger partial charge in [0.1, 0.15) is 0 Å². The van der Waals surface area contributed by atoms with Crippen LogP contribution >= 0.6 is 12.4 Å². The largest absolute Gasteiger partial charge is 0.379 e. The predicted molar refractivity (Wildman–Crippen MR) is 78.6 cm³/mol. The normalized spacial score (nSPS) is 19.8. The second-order valence-corrected chi connectivity index (χ2v) is 5.73. The van der Waals surface area contributed by atoms with E-state index in [1.165, 1.54) is 12.8 Å². The number of ether oxygens (including phenoxy) is 1. The molecule has 0 atom stereocenters. The van der Waals surface area contributed by atoms with Crippen molar-refractivity contribution in [2.24, 2.45) is 11.8 Å². The molecule has 2 rings (SSSR count). The monoisotopic (exact) mass is 290 g/mol. The maximum Gasteiger partial charge on any atom is 0.222 e. The van der Waals surface area contributed by atoms with Crippen molar-refractivity contribution in [1.82, 2.24) is 10.2 Å². The third kappa shape index (κ3) is 6.59. The molecule has 0 aromatic carbocycles. The highest BCUT2D eigenvalue weighted by Crippen LogP contribution is 2.28. The molecule has 1 N–H and O–H groups in total. The summed E-state index contributed by atoms with van der Waals surface area (Å²) in [5.74, 6) is 1.66. The minimum atomic E-state index is 0. The lowest BCUT2D eigenvalue weighted by Gasteiger charge is -2.24. The molecular weight excluding hydrogens is 264 g/mol. The van der Waals surface area contributed by atoms with Gasteiger partial charge in [0.05, 0.1) is 6.61 Å². The van der Waals surface area contributed by atoms with Crippen molar-refractivity contribution in [3.63, 3.8) is 0 Å². The van der Waals surface area contributed by atoms with E-state index in [0.29, 0.717) is 18.9 Å². The fraction of sp³-hybridized carbons (Fsp3) is 0.929. The second-order valence-electron chi connectivity index (χ2n) is 5.73. The number of nitrogens with one attached hydrogen (secondary N) is 1. The van der Waals surface area contributed by atoms with Gasteiger partial charge in [-0.05, 0) is 50.6 Å². The molecule has 2 fully saturated rings. The van der Waals surface area contributed by atoms with Crippen LogP contribution in [0.3, 0.4) is 0 Å². The number of piperidine rings is 1. The SMILES string of the molecule is CN(CCOCC1CC1)C(=O)CC1CCNCC1.Cl. The van der Waals surface area contributed by atoms with E-state index in [0.717, 1.165) is 45.0 Å². The molecule has 1 heterocycles. The number of nitrogens with zero attached hydrogens (tertiary/aromatic N) is 1. The van der Waals surface area contributed by atoms with E-state index in [2.05, 4.69) is 5.32 Å². The molecule has 0 aromatic heterocycles. The van der Waals surface area contributed by atoms with Crippen molar-refractivity contribution in [3.8, 4) is 0 Å². The van der Waals surface area contributed by atoms with Crippen LogP contribution in [0.2, 0.25) is 0 Å².